The molecule has 0 aromatic heterocycles. The van der Waals surface area contributed by atoms with Gasteiger partial charge in [0.1, 0.15) is 5.60 Å². The number of hydrogen-bond donors (Lipinski definition) is 2. The molecule has 0 aliphatic carbocycles. The standard InChI is InChI=1S/C17H33N3O2/c1-17(2,3)22-16(21)20-11-5-6-14(13-20)8-10-19-15-7-4-9-18-12-15/h14-15,18-19H,4-13H2,1-3H3. The molecule has 2 fully saturated rings. The summed E-state index contributed by atoms with van der Waals surface area (Å²) in [6, 6.07) is 0.624. The maximum Gasteiger partial charge on any atom is 0.410 e. The van der Waals surface area contributed by atoms with Crippen molar-refractivity contribution in [2.24, 2.45) is 5.92 Å². The fourth-order valence-corrected chi connectivity index (χ4v) is 3.31. The van der Waals surface area contributed by atoms with E-state index in [4.69, 9.17) is 4.74 Å². The molecule has 2 aliphatic heterocycles. The number of carbonyl (C=O) groups is 1. The molecular formula is C17H33N3O2. The highest BCUT2D eigenvalue weighted by atomic mass is 16.6. The second-order valence-electron chi connectivity index (χ2n) is 7.72. The zero-order valence-corrected chi connectivity index (χ0v) is 14.5. The molecule has 2 atom stereocenters. The summed E-state index contributed by atoms with van der Waals surface area (Å²) in [6.45, 7) is 10.8. The van der Waals surface area contributed by atoms with Gasteiger partial charge in [0.15, 0.2) is 0 Å². The van der Waals surface area contributed by atoms with Gasteiger partial charge in [0.2, 0.25) is 0 Å². The van der Waals surface area contributed by atoms with E-state index >= 15 is 0 Å². The first-order valence-electron chi connectivity index (χ1n) is 8.86. The normalized spacial score (nSPS) is 26.8. The monoisotopic (exact) mass is 311 g/mol. The summed E-state index contributed by atoms with van der Waals surface area (Å²) < 4.78 is 5.49. The molecule has 5 heteroatoms. The van der Waals surface area contributed by atoms with Gasteiger partial charge in [-0.25, -0.2) is 4.79 Å². The maximum atomic E-state index is 12.2. The summed E-state index contributed by atoms with van der Waals surface area (Å²) in [5, 5.41) is 7.09. The summed E-state index contributed by atoms with van der Waals surface area (Å²) in [4.78, 5) is 14.1. The van der Waals surface area contributed by atoms with Gasteiger partial charge in [-0.05, 0) is 71.9 Å². The van der Waals surface area contributed by atoms with Crippen LogP contribution in [0.3, 0.4) is 0 Å². The van der Waals surface area contributed by atoms with Crippen molar-refractivity contribution >= 4 is 6.09 Å². The molecule has 2 N–H and O–H groups in total. The number of likely N-dealkylation sites (tertiary alicyclic amines) is 1. The first kappa shape index (κ1) is 17.5. The molecule has 0 aromatic rings. The lowest BCUT2D eigenvalue weighted by Crippen LogP contribution is -2.45. The largest absolute Gasteiger partial charge is 0.444 e. The summed E-state index contributed by atoms with van der Waals surface area (Å²) in [6.07, 6.45) is 5.87. The molecule has 2 saturated heterocycles. The van der Waals surface area contributed by atoms with E-state index in [9.17, 15) is 4.79 Å². The van der Waals surface area contributed by atoms with Gasteiger partial charge in [0.05, 0.1) is 0 Å². The third kappa shape index (κ3) is 6.13. The highest BCUT2D eigenvalue weighted by Gasteiger charge is 2.27. The van der Waals surface area contributed by atoms with E-state index in [2.05, 4.69) is 10.6 Å². The number of hydrogen-bond acceptors (Lipinski definition) is 4. The van der Waals surface area contributed by atoms with Crippen LogP contribution in [0.2, 0.25) is 0 Å². The molecule has 2 rings (SSSR count). The van der Waals surface area contributed by atoms with E-state index in [1.807, 2.05) is 25.7 Å². The van der Waals surface area contributed by atoms with Crippen LogP contribution in [-0.4, -0.2) is 55.4 Å². The number of nitrogens with zero attached hydrogens (tertiary/aromatic N) is 1. The molecular weight excluding hydrogens is 278 g/mol. The lowest BCUT2D eigenvalue weighted by Gasteiger charge is -2.34. The Morgan fingerprint density at radius 3 is 2.82 bits per heavy atom. The first-order valence-corrected chi connectivity index (χ1v) is 8.86. The predicted molar refractivity (Wildman–Crippen MR) is 89.0 cm³/mol. The summed E-state index contributed by atoms with van der Waals surface area (Å²) in [5.74, 6) is 0.602. The molecule has 2 unspecified atom stereocenters. The average Bonchev–Trinajstić information content (AvgIpc) is 2.47. The number of rotatable bonds is 4. The first-order chi connectivity index (χ1) is 10.4. The Balaban J connectivity index is 1.67. The molecule has 1 amide bonds. The summed E-state index contributed by atoms with van der Waals surface area (Å²) in [7, 11) is 0. The van der Waals surface area contributed by atoms with Crippen LogP contribution in [0.4, 0.5) is 4.79 Å². The molecule has 0 bridgehead atoms. The third-order valence-electron chi connectivity index (χ3n) is 4.45. The van der Waals surface area contributed by atoms with Crippen LogP contribution in [0.15, 0.2) is 0 Å². The van der Waals surface area contributed by atoms with Crippen molar-refractivity contribution < 1.29 is 9.53 Å². The van der Waals surface area contributed by atoms with Crippen molar-refractivity contribution in [3.8, 4) is 0 Å². The predicted octanol–water partition coefficient (Wildman–Crippen LogP) is 2.37. The molecule has 0 spiro atoms. The van der Waals surface area contributed by atoms with Crippen molar-refractivity contribution in [3.05, 3.63) is 0 Å². The molecule has 2 aliphatic rings. The van der Waals surface area contributed by atoms with E-state index in [0.29, 0.717) is 12.0 Å². The maximum absolute atomic E-state index is 12.2. The highest BCUT2D eigenvalue weighted by Crippen LogP contribution is 2.21. The molecule has 0 aromatic carbocycles. The van der Waals surface area contributed by atoms with Gasteiger partial charge in [-0.3, -0.25) is 0 Å². The number of ether oxygens (including phenoxy) is 1. The highest BCUT2D eigenvalue weighted by molar-refractivity contribution is 5.68. The summed E-state index contributed by atoms with van der Waals surface area (Å²) in [5.41, 5.74) is -0.403. The van der Waals surface area contributed by atoms with Crippen molar-refractivity contribution in [3.63, 3.8) is 0 Å². The molecule has 2 heterocycles. The van der Waals surface area contributed by atoms with Crippen molar-refractivity contribution in [2.75, 3.05) is 32.7 Å². The fourth-order valence-electron chi connectivity index (χ4n) is 3.31. The van der Waals surface area contributed by atoms with Gasteiger partial charge < -0.3 is 20.3 Å². The SMILES string of the molecule is CC(C)(C)OC(=O)N1CCCC(CCNC2CCCNC2)C1. The van der Waals surface area contributed by atoms with Gasteiger partial charge in [-0.1, -0.05) is 0 Å². The Kier molecular flexibility index (Phi) is 6.50. The number of carbonyl (C=O) groups excluding carboxylic acids is 1. The van der Waals surface area contributed by atoms with E-state index in [1.54, 1.807) is 0 Å². The zero-order chi connectivity index (χ0) is 16.0. The van der Waals surface area contributed by atoms with Crippen LogP contribution in [-0.2, 0) is 4.74 Å². The quantitative estimate of drug-likeness (QED) is 0.837. The Morgan fingerprint density at radius 1 is 1.32 bits per heavy atom. The van der Waals surface area contributed by atoms with Gasteiger partial charge in [-0.2, -0.15) is 0 Å². The third-order valence-corrected chi connectivity index (χ3v) is 4.45. The number of amides is 1. The minimum absolute atomic E-state index is 0.151. The molecule has 22 heavy (non-hydrogen) atoms. The van der Waals surface area contributed by atoms with Crippen LogP contribution in [0.1, 0.15) is 52.9 Å². The minimum Gasteiger partial charge on any atom is -0.444 e. The van der Waals surface area contributed by atoms with E-state index in [-0.39, 0.29) is 6.09 Å². The summed E-state index contributed by atoms with van der Waals surface area (Å²) >= 11 is 0. The topological polar surface area (TPSA) is 53.6 Å². The molecule has 128 valence electrons. The van der Waals surface area contributed by atoms with Crippen LogP contribution >= 0.6 is 0 Å². The zero-order valence-electron chi connectivity index (χ0n) is 14.5. The number of nitrogens with one attached hydrogen (secondary N) is 2. The fraction of sp³-hybridized carbons (Fsp3) is 0.941. The van der Waals surface area contributed by atoms with Crippen LogP contribution < -0.4 is 10.6 Å². The van der Waals surface area contributed by atoms with E-state index in [0.717, 1.165) is 45.6 Å². The number of piperidine rings is 2. The Morgan fingerprint density at radius 2 is 2.14 bits per heavy atom. The van der Waals surface area contributed by atoms with Crippen molar-refractivity contribution in [2.45, 2.75) is 64.5 Å². The lowest BCUT2D eigenvalue weighted by atomic mass is 9.94. The molecule has 0 radical (unpaired) electrons. The van der Waals surface area contributed by atoms with Gasteiger partial charge >= 0.3 is 6.09 Å². The molecule has 5 nitrogen and oxygen atoms in total. The second-order valence-corrected chi connectivity index (χ2v) is 7.72. The van der Waals surface area contributed by atoms with E-state index < -0.39 is 5.60 Å². The Bertz CT molecular complexity index is 348. The molecule has 0 saturated carbocycles. The van der Waals surface area contributed by atoms with Gasteiger partial charge in [-0.15, -0.1) is 0 Å². The van der Waals surface area contributed by atoms with Gasteiger partial charge in [0.25, 0.3) is 0 Å². The second kappa shape index (κ2) is 8.16. The lowest BCUT2D eigenvalue weighted by molar-refractivity contribution is 0.0161. The average molecular weight is 311 g/mol. The van der Waals surface area contributed by atoms with Crippen molar-refractivity contribution in [1.29, 1.82) is 0 Å². The van der Waals surface area contributed by atoms with E-state index in [1.165, 1.54) is 19.3 Å². The minimum atomic E-state index is -0.403. The Hall–Kier alpha value is -0.810. The van der Waals surface area contributed by atoms with Crippen LogP contribution in [0, 0.1) is 5.92 Å². The van der Waals surface area contributed by atoms with Crippen LogP contribution in [0.5, 0.6) is 0 Å². The Labute approximate surface area is 135 Å². The smallest absolute Gasteiger partial charge is 0.410 e. The van der Waals surface area contributed by atoms with Crippen molar-refractivity contribution in [1.82, 2.24) is 15.5 Å². The van der Waals surface area contributed by atoms with Crippen LogP contribution in [0.25, 0.3) is 0 Å². The van der Waals surface area contributed by atoms with Gasteiger partial charge in [0, 0.05) is 25.7 Å².